The maximum Gasteiger partial charge on any atom is 0.416 e. The van der Waals surface area contributed by atoms with Crippen LogP contribution in [-0.4, -0.2) is 22.9 Å². The van der Waals surface area contributed by atoms with E-state index < -0.39 is 43.6 Å². The lowest BCUT2D eigenvalue weighted by Crippen LogP contribution is -2.36. The molecule has 0 spiro atoms. The van der Waals surface area contributed by atoms with Gasteiger partial charge in [-0.1, -0.05) is 18.2 Å². The van der Waals surface area contributed by atoms with Crippen molar-refractivity contribution in [1.29, 1.82) is 0 Å². The van der Waals surface area contributed by atoms with Gasteiger partial charge in [0.1, 0.15) is 0 Å². The molecular formula is C17H17F3N2O4S2. The molecule has 1 heterocycles. The second kappa shape index (κ2) is 6.75. The third kappa shape index (κ3) is 4.01. The Bertz CT molecular complexity index is 1130. The Labute approximate surface area is 160 Å². The fourth-order valence-corrected chi connectivity index (χ4v) is 5.70. The number of halogens is 3. The number of nitrogens with zero attached hydrogens (tertiary/aromatic N) is 1. The summed E-state index contributed by atoms with van der Waals surface area (Å²) < 4.78 is 88.6. The number of sulfonamides is 2. The standard InChI is InChI=1S/C17H17F3N2O4S2/c1-11-7-13-9-15(28(21,25)26)5-6-16(13)22(11)27(23,24)10-12-3-2-4-14(8-12)17(18,19)20/h2-6,8-9,11H,7,10H2,1H3,(H2,21,25,26). The maximum absolute atomic E-state index is 12.9. The fraction of sp³-hybridized carbons (Fsp3) is 0.294. The molecule has 0 saturated heterocycles. The van der Waals surface area contributed by atoms with Crippen LogP contribution < -0.4 is 9.44 Å². The van der Waals surface area contributed by atoms with E-state index in [0.717, 1.165) is 22.5 Å². The van der Waals surface area contributed by atoms with E-state index in [1.807, 2.05) is 0 Å². The molecule has 0 aromatic heterocycles. The van der Waals surface area contributed by atoms with Crippen molar-refractivity contribution in [3.05, 3.63) is 59.2 Å². The van der Waals surface area contributed by atoms with Crippen LogP contribution in [0.3, 0.4) is 0 Å². The van der Waals surface area contributed by atoms with Gasteiger partial charge in [-0.05, 0) is 48.7 Å². The highest BCUT2D eigenvalue weighted by atomic mass is 32.2. The van der Waals surface area contributed by atoms with Crippen molar-refractivity contribution in [2.24, 2.45) is 5.14 Å². The van der Waals surface area contributed by atoms with Gasteiger partial charge in [-0.3, -0.25) is 4.31 Å². The van der Waals surface area contributed by atoms with E-state index in [9.17, 15) is 30.0 Å². The summed E-state index contributed by atoms with van der Waals surface area (Å²) in [6.07, 6.45) is -4.31. The molecule has 2 N–H and O–H groups in total. The first kappa shape index (κ1) is 20.6. The van der Waals surface area contributed by atoms with Gasteiger partial charge in [0.05, 0.1) is 21.9 Å². The highest BCUT2D eigenvalue weighted by Crippen LogP contribution is 2.37. The van der Waals surface area contributed by atoms with Crippen LogP contribution in [0.5, 0.6) is 0 Å². The average Bonchev–Trinajstić information content (AvgIpc) is 2.88. The Morgan fingerprint density at radius 1 is 1.11 bits per heavy atom. The number of alkyl halides is 3. The largest absolute Gasteiger partial charge is 0.416 e. The minimum Gasteiger partial charge on any atom is -0.267 e. The molecule has 0 aliphatic carbocycles. The first-order valence-electron chi connectivity index (χ1n) is 8.13. The number of nitrogens with two attached hydrogens (primary N) is 1. The van der Waals surface area contributed by atoms with E-state index >= 15 is 0 Å². The number of hydrogen-bond acceptors (Lipinski definition) is 4. The predicted molar refractivity (Wildman–Crippen MR) is 97.5 cm³/mol. The van der Waals surface area contributed by atoms with Crippen molar-refractivity contribution in [2.75, 3.05) is 4.31 Å². The van der Waals surface area contributed by atoms with E-state index in [2.05, 4.69) is 0 Å². The zero-order valence-corrected chi connectivity index (χ0v) is 16.3. The van der Waals surface area contributed by atoms with Crippen molar-refractivity contribution in [3.63, 3.8) is 0 Å². The molecule has 1 aliphatic heterocycles. The van der Waals surface area contributed by atoms with Crippen molar-refractivity contribution >= 4 is 25.7 Å². The molecule has 152 valence electrons. The summed E-state index contributed by atoms with van der Waals surface area (Å²) in [5.41, 5.74) is -0.122. The minimum atomic E-state index is -4.57. The summed E-state index contributed by atoms with van der Waals surface area (Å²) in [4.78, 5) is -0.129. The van der Waals surface area contributed by atoms with Crippen molar-refractivity contribution < 1.29 is 30.0 Å². The zero-order valence-electron chi connectivity index (χ0n) is 14.6. The molecule has 1 unspecified atom stereocenters. The molecule has 1 atom stereocenters. The van der Waals surface area contributed by atoms with E-state index in [-0.39, 0.29) is 16.9 Å². The molecule has 0 fully saturated rings. The van der Waals surface area contributed by atoms with Gasteiger partial charge in [0.15, 0.2) is 0 Å². The smallest absolute Gasteiger partial charge is 0.267 e. The molecule has 28 heavy (non-hydrogen) atoms. The van der Waals surface area contributed by atoms with Gasteiger partial charge in [0.2, 0.25) is 20.0 Å². The highest BCUT2D eigenvalue weighted by molar-refractivity contribution is 7.92. The number of anilines is 1. The first-order valence-corrected chi connectivity index (χ1v) is 11.3. The van der Waals surface area contributed by atoms with Crippen LogP contribution in [0, 0.1) is 0 Å². The Hall–Kier alpha value is -2.11. The molecule has 11 heteroatoms. The number of primary sulfonamides is 1. The Kier molecular flexibility index (Phi) is 4.97. The van der Waals surface area contributed by atoms with Crippen molar-refractivity contribution in [1.82, 2.24) is 0 Å². The van der Waals surface area contributed by atoms with Crippen molar-refractivity contribution in [3.8, 4) is 0 Å². The topological polar surface area (TPSA) is 97.5 Å². The van der Waals surface area contributed by atoms with Gasteiger partial charge in [0.25, 0.3) is 0 Å². The van der Waals surface area contributed by atoms with Gasteiger partial charge >= 0.3 is 6.18 Å². The van der Waals surface area contributed by atoms with Crippen LogP contribution in [0.15, 0.2) is 47.4 Å². The summed E-state index contributed by atoms with van der Waals surface area (Å²) in [6.45, 7) is 1.64. The molecule has 2 aromatic carbocycles. The van der Waals surface area contributed by atoms with E-state index in [4.69, 9.17) is 5.14 Å². The lowest BCUT2D eigenvalue weighted by molar-refractivity contribution is -0.137. The lowest BCUT2D eigenvalue weighted by Gasteiger charge is -2.24. The van der Waals surface area contributed by atoms with Crippen LogP contribution >= 0.6 is 0 Å². The van der Waals surface area contributed by atoms with Gasteiger partial charge in [0, 0.05) is 6.04 Å². The summed E-state index contributed by atoms with van der Waals surface area (Å²) in [5, 5.41) is 5.11. The summed E-state index contributed by atoms with van der Waals surface area (Å²) in [6, 6.07) is 7.53. The number of benzene rings is 2. The van der Waals surface area contributed by atoms with Gasteiger partial charge in [-0.15, -0.1) is 0 Å². The third-order valence-electron chi connectivity index (χ3n) is 4.44. The lowest BCUT2D eigenvalue weighted by atomic mass is 10.1. The molecule has 0 amide bonds. The Balaban J connectivity index is 1.96. The highest BCUT2D eigenvalue weighted by Gasteiger charge is 2.36. The quantitative estimate of drug-likeness (QED) is 0.800. The minimum absolute atomic E-state index is 0.0108. The molecule has 6 nitrogen and oxygen atoms in total. The van der Waals surface area contributed by atoms with Crippen LogP contribution in [0.2, 0.25) is 0 Å². The zero-order chi connectivity index (χ0) is 20.9. The SMILES string of the molecule is CC1Cc2cc(S(N)(=O)=O)ccc2N1S(=O)(=O)Cc1cccc(C(F)(F)F)c1. The molecular weight excluding hydrogens is 417 g/mol. The first-order chi connectivity index (χ1) is 12.8. The predicted octanol–water partition coefficient (Wildman–Crippen LogP) is 2.63. The normalized spacial score (nSPS) is 17.6. The monoisotopic (exact) mass is 434 g/mol. The van der Waals surface area contributed by atoms with Crippen LogP contribution in [0.1, 0.15) is 23.6 Å². The summed E-state index contributed by atoms with van der Waals surface area (Å²) in [7, 11) is -7.94. The molecule has 3 rings (SSSR count). The molecule has 2 aromatic rings. The van der Waals surface area contributed by atoms with E-state index in [1.54, 1.807) is 6.92 Å². The molecule has 0 bridgehead atoms. The average molecular weight is 434 g/mol. The molecule has 0 radical (unpaired) electrons. The van der Waals surface area contributed by atoms with Gasteiger partial charge in [-0.2, -0.15) is 13.2 Å². The number of hydrogen-bond donors (Lipinski definition) is 1. The second-order valence-electron chi connectivity index (χ2n) is 6.64. The third-order valence-corrected chi connectivity index (χ3v) is 7.20. The van der Waals surface area contributed by atoms with Crippen molar-refractivity contribution in [2.45, 2.75) is 36.2 Å². The van der Waals surface area contributed by atoms with Gasteiger partial charge in [-0.25, -0.2) is 22.0 Å². The second-order valence-corrected chi connectivity index (χ2v) is 10.0. The number of fused-ring (bicyclic) bond motifs is 1. The summed E-state index contributed by atoms with van der Waals surface area (Å²) >= 11 is 0. The van der Waals surface area contributed by atoms with Crippen LogP contribution in [-0.2, 0) is 38.4 Å². The maximum atomic E-state index is 12.9. The molecule has 0 saturated carbocycles. The van der Waals surface area contributed by atoms with E-state index in [0.29, 0.717) is 11.3 Å². The fourth-order valence-electron chi connectivity index (χ4n) is 3.30. The van der Waals surface area contributed by atoms with Gasteiger partial charge < -0.3 is 0 Å². The number of rotatable bonds is 4. The van der Waals surface area contributed by atoms with E-state index in [1.165, 1.54) is 24.3 Å². The van der Waals surface area contributed by atoms with Crippen LogP contribution in [0.4, 0.5) is 18.9 Å². The Morgan fingerprint density at radius 3 is 2.39 bits per heavy atom. The summed E-state index contributed by atoms with van der Waals surface area (Å²) in [5.74, 6) is -0.613. The Morgan fingerprint density at radius 2 is 1.79 bits per heavy atom. The van der Waals surface area contributed by atoms with Crippen LogP contribution in [0.25, 0.3) is 0 Å². The molecule has 1 aliphatic rings.